The van der Waals surface area contributed by atoms with E-state index in [0.717, 1.165) is 25.0 Å². The molecule has 0 radical (unpaired) electrons. The predicted octanol–water partition coefficient (Wildman–Crippen LogP) is 3.21. The number of ether oxygens (including phenoxy) is 2. The standard InChI is InChI=1S/C22H27FN4O5S/c1-27(15-6-7-31-10-15)22(28)32-16-4-2-13(8-16)19-9-20(26-25-19)24-18-5-3-14-11-33(29,30)12-17(14)21(18)23/h3,5,9,13,15-16H,2,4,6-8,10-12H2,1H3,(H2,24,25,26)/t13-,15?,16+/m1/s1. The fraction of sp³-hybridized carbons (Fsp3) is 0.545. The van der Waals surface area contributed by atoms with Crippen molar-refractivity contribution in [2.45, 2.75) is 55.3 Å². The molecule has 3 aliphatic rings. The van der Waals surface area contributed by atoms with E-state index in [1.165, 1.54) is 0 Å². The van der Waals surface area contributed by atoms with Gasteiger partial charge in [0.05, 0.1) is 29.8 Å². The van der Waals surface area contributed by atoms with Crippen molar-refractivity contribution in [3.05, 3.63) is 40.8 Å². The molecule has 0 bridgehead atoms. The normalized spacial score (nSPS) is 25.7. The maximum absolute atomic E-state index is 14.8. The van der Waals surface area contributed by atoms with Crippen LogP contribution in [0.4, 0.5) is 20.7 Å². The van der Waals surface area contributed by atoms with E-state index in [1.807, 2.05) is 6.07 Å². The summed E-state index contributed by atoms with van der Waals surface area (Å²) in [5.41, 5.74) is 1.82. The zero-order chi connectivity index (χ0) is 23.2. The number of H-pyrrole nitrogens is 1. The van der Waals surface area contributed by atoms with Gasteiger partial charge in [-0.2, -0.15) is 5.10 Å². The third-order valence-corrected chi connectivity index (χ3v) is 8.25. The summed E-state index contributed by atoms with van der Waals surface area (Å²) in [6.07, 6.45) is 2.64. The van der Waals surface area contributed by atoms with Crippen molar-refractivity contribution in [1.29, 1.82) is 0 Å². The Balaban J connectivity index is 1.19. The van der Waals surface area contributed by atoms with Gasteiger partial charge in [-0.05, 0) is 37.3 Å². The van der Waals surface area contributed by atoms with Gasteiger partial charge in [0.2, 0.25) is 0 Å². The molecule has 1 aliphatic carbocycles. The number of carbonyl (C=O) groups is 1. The van der Waals surface area contributed by atoms with Crippen LogP contribution >= 0.6 is 0 Å². The first-order chi connectivity index (χ1) is 15.8. The third kappa shape index (κ3) is 4.56. The highest BCUT2D eigenvalue weighted by atomic mass is 32.2. The average Bonchev–Trinajstić information content (AvgIpc) is 3.55. The lowest BCUT2D eigenvalue weighted by molar-refractivity contribution is 0.0581. The number of fused-ring (bicyclic) bond motifs is 1. The van der Waals surface area contributed by atoms with Crippen molar-refractivity contribution < 1.29 is 27.1 Å². The van der Waals surface area contributed by atoms with Crippen LogP contribution in [0.2, 0.25) is 0 Å². The number of halogens is 1. The van der Waals surface area contributed by atoms with Crippen molar-refractivity contribution in [1.82, 2.24) is 15.1 Å². The molecule has 0 spiro atoms. The zero-order valence-electron chi connectivity index (χ0n) is 18.3. The number of likely N-dealkylation sites (N-methyl/N-ethyl adjacent to an activating group) is 1. The number of nitrogens with zero attached hydrogens (tertiary/aromatic N) is 2. The molecule has 5 rings (SSSR count). The van der Waals surface area contributed by atoms with Crippen molar-refractivity contribution in [3.63, 3.8) is 0 Å². The second-order valence-electron chi connectivity index (χ2n) is 9.07. The molecule has 1 amide bonds. The average molecular weight is 479 g/mol. The largest absolute Gasteiger partial charge is 0.446 e. The van der Waals surface area contributed by atoms with Crippen LogP contribution < -0.4 is 5.32 Å². The first-order valence-electron chi connectivity index (χ1n) is 11.1. The molecule has 1 unspecified atom stereocenters. The van der Waals surface area contributed by atoms with Gasteiger partial charge in [-0.3, -0.25) is 5.10 Å². The van der Waals surface area contributed by atoms with Crippen LogP contribution in [0.25, 0.3) is 0 Å². The lowest BCUT2D eigenvalue weighted by atomic mass is 10.0. The SMILES string of the molecule is CN(C(=O)O[C@H]1CC[C@@H](c2cc(Nc3ccc4c(c3F)CS(=O)(=O)C4)n[nH]2)C1)C1CCOC1. The molecular formula is C22H27FN4O5S. The van der Waals surface area contributed by atoms with Gasteiger partial charge >= 0.3 is 6.09 Å². The molecule has 2 aromatic rings. The van der Waals surface area contributed by atoms with E-state index in [2.05, 4.69) is 15.5 Å². The van der Waals surface area contributed by atoms with Gasteiger partial charge < -0.3 is 19.7 Å². The number of anilines is 2. The molecule has 1 aromatic heterocycles. The number of rotatable bonds is 5. The number of hydrogen-bond acceptors (Lipinski definition) is 7. The summed E-state index contributed by atoms with van der Waals surface area (Å²) in [5.74, 6) is -0.348. The van der Waals surface area contributed by atoms with E-state index in [0.29, 0.717) is 31.0 Å². The molecule has 3 atom stereocenters. The fourth-order valence-corrected chi connectivity index (χ4v) is 6.43. The van der Waals surface area contributed by atoms with Crippen LogP contribution in [0.1, 0.15) is 48.4 Å². The summed E-state index contributed by atoms with van der Waals surface area (Å²) in [6.45, 7) is 1.21. The summed E-state index contributed by atoms with van der Waals surface area (Å²) < 4.78 is 49.5. The first kappa shape index (κ1) is 22.1. The number of hydrogen-bond donors (Lipinski definition) is 2. The van der Waals surface area contributed by atoms with Crippen molar-refractivity contribution in [2.24, 2.45) is 0 Å². The first-order valence-corrected chi connectivity index (χ1v) is 13.0. The van der Waals surface area contributed by atoms with Crippen LogP contribution in [0.5, 0.6) is 0 Å². The quantitative estimate of drug-likeness (QED) is 0.678. The number of amides is 1. The zero-order valence-corrected chi connectivity index (χ0v) is 19.2. The number of sulfone groups is 1. The minimum absolute atomic E-state index is 0.0654. The Morgan fingerprint density at radius 2 is 2.15 bits per heavy atom. The molecule has 3 heterocycles. The topological polar surface area (TPSA) is 114 Å². The Morgan fingerprint density at radius 1 is 1.30 bits per heavy atom. The Kier molecular flexibility index (Phi) is 5.77. The van der Waals surface area contributed by atoms with Gasteiger partial charge in [0.15, 0.2) is 21.5 Å². The van der Waals surface area contributed by atoms with Gasteiger partial charge in [-0.1, -0.05) is 6.07 Å². The van der Waals surface area contributed by atoms with Crippen molar-refractivity contribution >= 4 is 27.4 Å². The van der Waals surface area contributed by atoms with E-state index in [9.17, 15) is 17.6 Å². The van der Waals surface area contributed by atoms with E-state index in [4.69, 9.17) is 9.47 Å². The van der Waals surface area contributed by atoms with Gasteiger partial charge in [0.1, 0.15) is 6.10 Å². The molecule has 1 saturated heterocycles. The summed E-state index contributed by atoms with van der Waals surface area (Å²) in [6, 6.07) is 5.07. The van der Waals surface area contributed by atoms with Gasteiger partial charge in [0, 0.05) is 36.9 Å². The van der Waals surface area contributed by atoms with Gasteiger partial charge in [-0.25, -0.2) is 17.6 Å². The number of nitrogens with one attached hydrogen (secondary N) is 2. The molecule has 1 aromatic carbocycles. The molecule has 2 fully saturated rings. The Bertz CT molecular complexity index is 1160. The monoisotopic (exact) mass is 478 g/mol. The summed E-state index contributed by atoms with van der Waals surface area (Å²) >= 11 is 0. The van der Waals surface area contributed by atoms with Gasteiger partial charge in [-0.15, -0.1) is 0 Å². The number of aromatic amines is 1. The van der Waals surface area contributed by atoms with Crippen molar-refractivity contribution in [2.75, 3.05) is 25.6 Å². The second kappa shape index (κ2) is 8.60. The fourth-order valence-electron chi connectivity index (χ4n) is 4.84. The van der Waals surface area contributed by atoms with E-state index < -0.39 is 15.7 Å². The molecule has 178 valence electrons. The minimum atomic E-state index is -3.28. The molecule has 33 heavy (non-hydrogen) atoms. The van der Waals surface area contributed by atoms with Crippen LogP contribution in [-0.2, 0) is 30.8 Å². The lowest BCUT2D eigenvalue weighted by Crippen LogP contribution is -2.39. The summed E-state index contributed by atoms with van der Waals surface area (Å²) in [5, 5.41) is 10.2. The molecule has 2 aliphatic heterocycles. The van der Waals surface area contributed by atoms with Crippen LogP contribution in [0.3, 0.4) is 0 Å². The summed E-state index contributed by atoms with van der Waals surface area (Å²) in [4.78, 5) is 14.1. The molecular weight excluding hydrogens is 451 g/mol. The van der Waals surface area contributed by atoms with Crippen LogP contribution in [0, 0.1) is 5.82 Å². The maximum Gasteiger partial charge on any atom is 0.410 e. The Morgan fingerprint density at radius 3 is 2.94 bits per heavy atom. The van der Waals surface area contributed by atoms with E-state index in [-0.39, 0.29) is 46.9 Å². The molecule has 2 N–H and O–H groups in total. The molecule has 11 heteroatoms. The lowest BCUT2D eigenvalue weighted by Gasteiger charge is -2.24. The smallest absolute Gasteiger partial charge is 0.410 e. The molecule has 9 nitrogen and oxygen atoms in total. The predicted molar refractivity (Wildman–Crippen MR) is 118 cm³/mol. The molecule has 1 saturated carbocycles. The van der Waals surface area contributed by atoms with Crippen molar-refractivity contribution in [3.8, 4) is 0 Å². The Hall–Kier alpha value is -2.66. The highest BCUT2D eigenvalue weighted by Crippen LogP contribution is 2.37. The summed E-state index contributed by atoms with van der Waals surface area (Å²) in [7, 11) is -1.54. The number of carbonyl (C=O) groups excluding carboxylic acids is 1. The third-order valence-electron chi connectivity index (χ3n) is 6.77. The highest BCUT2D eigenvalue weighted by Gasteiger charge is 2.33. The minimum Gasteiger partial charge on any atom is -0.446 e. The number of benzene rings is 1. The highest BCUT2D eigenvalue weighted by molar-refractivity contribution is 7.90. The second-order valence-corrected chi connectivity index (χ2v) is 11.1. The number of aromatic nitrogens is 2. The van der Waals surface area contributed by atoms with Crippen LogP contribution in [-0.4, -0.2) is 62.0 Å². The van der Waals surface area contributed by atoms with E-state index >= 15 is 0 Å². The maximum atomic E-state index is 14.8. The Labute approximate surface area is 191 Å². The van der Waals surface area contributed by atoms with E-state index in [1.54, 1.807) is 24.1 Å². The van der Waals surface area contributed by atoms with Crippen LogP contribution in [0.15, 0.2) is 18.2 Å². The van der Waals surface area contributed by atoms with Gasteiger partial charge in [0.25, 0.3) is 0 Å².